The predicted octanol–water partition coefficient (Wildman–Crippen LogP) is 3.62. The molecule has 0 fully saturated rings. The summed E-state index contributed by atoms with van der Waals surface area (Å²) < 4.78 is 37.6. The minimum atomic E-state index is -4.14. The van der Waals surface area contributed by atoms with Gasteiger partial charge >= 0.3 is 11.9 Å². The second-order valence-corrected chi connectivity index (χ2v) is 13.1. The van der Waals surface area contributed by atoms with Crippen LogP contribution in [0.2, 0.25) is 0 Å². The summed E-state index contributed by atoms with van der Waals surface area (Å²) in [6, 6.07) is 7.08. The van der Waals surface area contributed by atoms with E-state index in [0.29, 0.717) is 55.9 Å². The monoisotopic (exact) mass is 683 g/mol. The Balaban J connectivity index is 1.70. The van der Waals surface area contributed by atoms with Crippen molar-refractivity contribution in [2.24, 2.45) is 11.8 Å². The molecule has 0 heterocycles. The molecule has 1 unspecified atom stereocenters. The maximum absolute atomic E-state index is 13.2. The molecule has 0 spiro atoms. The Bertz CT molecular complexity index is 1450. The first-order chi connectivity index (χ1) is 21.9. The lowest BCUT2D eigenvalue weighted by atomic mass is 9.71. The fourth-order valence-electron chi connectivity index (χ4n) is 5.33. The minimum absolute atomic E-state index is 0.0154. The minimum Gasteiger partial charge on any atom is -0.511 e. The Morgan fingerprint density at radius 3 is 2.13 bits per heavy atom. The summed E-state index contributed by atoms with van der Waals surface area (Å²) >= 11 is 0.932. The second-order valence-electron chi connectivity index (χ2n) is 10.8. The second kappa shape index (κ2) is 18.0. The van der Waals surface area contributed by atoms with Crippen LogP contribution in [0.1, 0.15) is 44.1 Å². The molecule has 2 aliphatic carbocycles. The van der Waals surface area contributed by atoms with Crippen LogP contribution in [0.3, 0.4) is 0 Å². The molecule has 0 saturated heterocycles. The Hall–Kier alpha value is -3.54. The number of hydrogen-bond donors (Lipinski definition) is 5. The van der Waals surface area contributed by atoms with Gasteiger partial charge in [0.2, 0.25) is 0 Å². The molecule has 1 atom stereocenters. The lowest BCUT2D eigenvalue weighted by molar-refractivity contribution is -0.526. The topological polar surface area (TPSA) is 211 Å². The number of aliphatic hydroxyl groups excluding tert-OH is 1. The quantitative estimate of drug-likeness (QED) is 0.0313. The van der Waals surface area contributed by atoms with Gasteiger partial charge in [-0.1, -0.05) is 29.3 Å². The number of carboxylic acids is 2. The number of nitrogens with zero attached hydrogens (tertiary/aromatic N) is 2. The standard InChI is InChI=1S/C30H38N2O12S2/c33-25(34)5-1-15-31(17-3-19-45-44-43-39)23-11-7-21(8-12-23)27-29(37)28(30(27)38)22-9-13-24(14-10-22)32(16-2-6-26(35)36)18-4-20-46(40,41)42/h7-14,22,28H,1-6,15-20H2,(H4-,33,34,35,36,37,38,39,40,41,42)/p+1. The van der Waals surface area contributed by atoms with Crippen molar-refractivity contribution in [1.82, 2.24) is 0 Å². The van der Waals surface area contributed by atoms with E-state index in [1.54, 1.807) is 48.6 Å². The summed E-state index contributed by atoms with van der Waals surface area (Å²) in [5.74, 6) is -3.18. The van der Waals surface area contributed by atoms with Gasteiger partial charge in [0.25, 0.3) is 10.1 Å². The Morgan fingerprint density at radius 2 is 1.54 bits per heavy atom. The fraction of sp³-hybridized carbons (Fsp3) is 0.467. The van der Waals surface area contributed by atoms with Crippen LogP contribution in [-0.2, 0) is 33.9 Å². The molecular weight excluding hydrogens is 644 g/mol. The molecule has 16 heteroatoms. The van der Waals surface area contributed by atoms with E-state index in [-0.39, 0.29) is 42.9 Å². The number of carboxylic acid groups (broad SMARTS) is 2. The molecule has 2 aliphatic rings. The van der Waals surface area contributed by atoms with Crippen molar-refractivity contribution in [2.75, 3.05) is 42.6 Å². The zero-order valence-corrected chi connectivity index (χ0v) is 26.7. The molecule has 14 nitrogen and oxygen atoms in total. The lowest BCUT2D eigenvalue weighted by Gasteiger charge is -2.32. The van der Waals surface area contributed by atoms with Crippen LogP contribution >= 0.6 is 12.0 Å². The highest BCUT2D eigenvalue weighted by atomic mass is 32.2. The third kappa shape index (κ3) is 11.4. The molecule has 0 aliphatic heterocycles. The summed E-state index contributed by atoms with van der Waals surface area (Å²) in [6.07, 6.45) is 8.56. The van der Waals surface area contributed by atoms with E-state index < -0.39 is 39.6 Å². The summed E-state index contributed by atoms with van der Waals surface area (Å²) in [5, 5.41) is 40.8. The Kier molecular flexibility index (Phi) is 14.4. The van der Waals surface area contributed by atoms with Crippen LogP contribution in [0.5, 0.6) is 0 Å². The van der Waals surface area contributed by atoms with Crippen LogP contribution in [0, 0.1) is 11.8 Å². The smallest absolute Gasteiger partial charge is 0.303 e. The van der Waals surface area contributed by atoms with Crippen LogP contribution < -0.4 is 4.90 Å². The van der Waals surface area contributed by atoms with Crippen molar-refractivity contribution in [3.63, 3.8) is 0 Å². The van der Waals surface area contributed by atoms with Crippen molar-refractivity contribution >= 4 is 56.9 Å². The molecule has 1 aromatic carbocycles. The van der Waals surface area contributed by atoms with E-state index in [4.69, 9.17) is 20.0 Å². The third-order valence-corrected chi connectivity index (χ3v) is 8.95. The van der Waals surface area contributed by atoms with E-state index >= 15 is 0 Å². The highest BCUT2D eigenvalue weighted by Gasteiger charge is 2.44. The number of Topliss-reactive ketones (excluding diaryl/α,β-unsaturated/α-hetero) is 1. The molecule has 46 heavy (non-hydrogen) atoms. The first kappa shape index (κ1) is 36.9. The zero-order valence-electron chi connectivity index (χ0n) is 25.1. The first-order valence-electron chi connectivity index (χ1n) is 14.7. The molecule has 0 saturated carbocycles. The van der Waals surface area contributed by atoms with Gasteiger partial charge < -0.3 is 20.2 Å². The third-order valence-electron chi connectivity index (χ3n) is 7.53. The van der Waals surface area contributed by atoms with Gasteiger partial charge in [0.05, 0.1) is 23.7 Å². The molecule has 1 aromatic rings. The van der Waals surface area contributed by atoms with E-state index in [1.165, 1.54) is 0 Å². The van der Waals surface area contributed by atoms with Crippen LogP contribution in [-0.4, -0.2) is 99.2 Å². The highest BCUT2D eigenvalue weighted by molar-refractivity contribution is 7.94. The normalized spacial score (nSPS) is 17.7. The van der Waals surface area contributed by atoms with Crippen molar-refractivity contribution in [3.05, 3.63) is 59.9 Å². The maximum atomic E-state index is 13.2. The van der Waals surface area contributed by atoms with Gasteiger partial charge in [0.1, 0.15) is 18.8 Å². The largest absolute Gasteiger partial charge is 0.511 e. The van der Waals surface area contributed by atoms with Crippen molar-refractivity contribution in [2.45, 2.75) is 38.5 Å². The number of ketones is 1. The van der Waals surface area contributed by atoms with Crippen LogP contribution in [0.4, 0.5) is 5.69 Å². The molecule has 0 amide bonds. The predicted molar refractivity (Wildman–Crippen MR) is 170 cm³/mol. The fourth-order valence-corrected chi connectivity index (χ4v) is 6.18. The van der Waals surface area contributed by atoms with E-state index in [2.05, 4.69) is 9.37 Å². The van der Waals surface area contributed by atoms with Gasteiger partial charge in [-0.2, -0.15) is 8.42 Å². The van der Waals surface area contributed by atoms with Gasteiger partial charge in [-0.15, -0.1) is 4.33 Å². The van der Waals surface area contributed by atoms with Crippen LogP contribution in [0.15, 0.2) is 54.3 Å². The molecule has 0 radical (unpaired) electrons. The molecular formula is C30H39N2O12S2+. The lowest BCUT2D eigenvalue weighted by Crippen LogP contribution is -2.36. The molecule has 3 rings (SSSR count). The average molecular weight is 684 g/mol. The van der Waals surface area contributed by atoms with E-state index in [0.717, 1.165) is 17.7 Å². The van der Waals surface area contributed by atoms with E-state index in [9.17, 15) is 27.9 Å². The Morgan fingerprint density at radius 1 is 0.935 bits per heavy atom. The van der Waals surface area contributed by atoms with Gasteiger partial charge in [0, 0.05) is 73.9 Å². The number of aliphatic hydroxyl groups is 1. The van der Waals surface area contributed by atoms with Crippen molar-refractivity contribution in [1.29, 1.82) is 0 Å². The maximum Gasteiger partial charge on any atom is 0.303 e. The molecule has 5 N–H and O–H groups in total. The zero-order chi connectivity index (χ0) is 33.7. The summed E-state index contributed by atoms with van der Waals surface area (Å²) in [7, 11) is -4.14. The SMILES string of the molecule is O=C(O)CCCN(CCCSOOO)c1ccc(C2=C(O)C(C3C=CC(=[N+](CCCC(=O)O)CCCS(=O)(=O)O)C=C3)C2=O)cc1. The molecule has 0 aromatic heterocycles. The van der Waals surface area contributed by atoms with Crippen molar-refractivity contribution < 1.29 is 61.9 Å². The van der Waals surface area contributed by atoms with Gasteiger partial charge in [0.15, 0.2) is 11.5 Å². The molecule has 0 bridgehead atoms. The number of anilines is 1. The average Bonchev–Trinajstić information content (AvgIpc) is 2.99. The summed E-state index contributed by atoms with van der Waals surface area (Å²) in [5.41, 5.74) is 2.29. The number of carbonyl (C=O) groups excluding carboxylic acids is 1. The summed E-state index contributed by atoms with van der Waals surface area (Å²) in [6.45, 7) is 1.68. The van der Waals surface area contributed by atoms with E-state index in [1.807, 2.05) is 9.48 Å². The summed E-state index contributed by atoms with van der Waals surface area (Å²) in [4.78, 5) is 37.2. The number of allylic oxidation sites excluding steroid dienone is 6. The molecule has 252 valence electrons. The first-order valence-corrected chi connectivity index (χ1v) is 17.2. The van der Waals surface area contributed by atoms with Gasteiger partial charge in [-0.25, -0.2) is 9.83 Å². The van der Waals surface area contributed by atoms with Gasteiger partial charge in [-0.05, 0) is 30.5 Å². The highest BCUT2D eigenvalue weighted by Crippen LogP contribution is 2.42. The Labute approximate surface area is 271 Å². The number of aliphatic carboxylic acids is 2. The number of rotatable bonds is 21. The number of hydrogen-bond acceptors (Lipinski definition) is 11. The van der Waals surface area contributed by atoms with Gasteiger partial charge in [-0.3, -0.25) is 18.9 Å². The van der Waals surface area contributed by atoms with Crippen molar-refractivity contribution in [3.8, 4) is 0 Å². The van der Waals surface area contributed by atoms with Crippen LogP contribution in [0.25, 0.3) is 5.57 Å². The number of benzene rings is 1. The number of carbonyl (C=O) groups is 3.